The number of aliphatic hydroxyl groups excluding tert-OH is 1. The third kappa shape index (κ3) is 5.82. The number of hydrogen-bond acceptors (Lipinski definition) is 3. The zero-order valence-electron chi connectivity index (χ0n) is 6.96. The molecule has 0 aliphatic carbocycles. The van der Waals surface area contributed by atoms with Crippen LogP contribution in [-0.4, -0.2) is 37.4 Å². The predicted molar refractivity (Wildman–Crippen MR) is 41.2 cm³/mol. The van der Waals surface area contributed by atoms with E-state index in [9.17, 15) is 4.79 Å². The molecule has 2 N–H and O–H groups in total. The van der Waals surface area contributed by atoms with Crippen molar-refractivity contribution in [3.05, 3.63) is 0 Å². The average molecular weight is 161 g/mol. The first-order valence-electron chi connectivity index (χ1n) is 3.57. The first-order chi connectivity index (χ1) is 5.20. The smallest absolute Gasteiger partial charge is 0.217 e. The zero-order chi connectivity index (χ0) is 8.69. The summed E-state index contributed by atoms with van der Waals surface area (Å²) in [6, 6.07) is -0.0671. The van der Waals surface area contributed by atoms with Gasteiger partial charge in [-0.25, -0.2) is 0 Å². The highest BCUT2D eigenvalue weighted by molar-refractivity contribution is 5.73. The summed E-state index contributed by atoms with van der Waals surface area (Å²) in [6.07, 6.45) is 0.535. The fourth-order valence-corrected chi connectivity index (χ4v) is 0.842. The molecule has 0 saturated carbocycles. The molecule has 4 heteroatoms. The van der Waals surface area contributed by atoms with Gasteiger partial charge in [-0.1, -0.05) is 0 Å². The Morgan fingerprint density at radius 1 is 1.73 bits per heavy atom. The summed E-state index contributed by atoms with van der Waals surface area (Å²) >= 11 is 0. The van der Waals surface area contributed by atoms with Gasteiger partial charge < -0.3 is 15.2 Å². The van der Waals surface area contributed by atoms with Gasteiger partial charge in [-0.15, -0.1) is 0 Å². The number of carbonyl (C=O) groups is 1. The van der Waals surface area contributed by atoms with Crippen LogP contribution in [0.15, 0.2) is 0 Å². The van der Waals surface area contributed by atoms with Crippen molar-refractivity contribution >= 4 is 5.91 Å². The van der Waals surface area contributed by atoms with E-state index in [0.717, 1.165) is 0 Å². The zero-order valence-corrected chi connectivity index (χ0v) is 6.96. The summed E-state index contributed by atoms with van der Waals surface area (Å²) < 4.78 is 4.83. The highest BCUT2D eigenvalue weighted by Gasteiger charge is 2.07. The summed E-state index contributed by atoms with van der Waals surface area (Å²) in [7, 11) is 1.56. The highest BCUT2D eigenvalue weighted by atomic mass is 16.5. The standard InChI is InChI=1S/C7H15NO3/c1-6(10)8-7(3-4-9)5-11-2/h7,9H,3-5H2,1-2H3,(H,8,10). The van der Waals surface area contributed by atoms with Crippen LogP contribution in [-0.2, 0) is 9.53 Å². The summed E-state index contributed by atoms with van der Waals surface area (Å²) in [5.41, 5.74) is 0. The highest BCUT2D eigenvalue weighted by Crippen LogP contribution is 1.90. The van der Waals surface area contributed by atoms with Gasteiger partial charge in [0.1, 0.15) is 0 Å². The third-order valence-electron chi connectivity index (χ3n) is 1.25. The average Bonchev–Trinajstić information content (AvgIpc) is 1.87. The van der Waals surface area contributed by atoms with Gasteiger partial charge in [0.05, 0.1) is 12.6 Å². The minimum absolute atomic E-state index is 0.0638. The Balaban J connectivity index is 3.59. The molecule has 11 heavy (non-hydrogen) atoms. The van der Waals surface area contributed by atoms with Crippen molar-refractivity contribution in [3.63, 3.8) is 0 Å². The van der Waals surface area contributed by atoms with Gasteiger partial charge in [-0.3, -0.25) is 4.79 Å². The van der Waals surface area contributed by atoms with Crippen molar-refractivity contribution in [2.24, 2.45) is 0 Å². The number of aliphatic hydroxyl groups is 1. The summed E-state index contributed by atoms with van der Waals surface area (Å²) in [5.74, 6) is -0.0968. The van der Waals surface area contributed by atoms with Crippen LogP contribution in [0.4, 0.5) is 0 Å². The quantitative estimate of drug-likeness (QED) is 0.572. The molecule has 0 rings (SSSR count). The van der Waals surface area contributed by atoms with Crippen LogP contribution in [0.3, 0.4) is 0 Å². The number of methoxy groups -OCH3 is 1. The molecule has 0 aliphatic heterocycles. The second-order valence-corrected chi connectivity index (χ2v) is 2.37. The van der Waals surface area contributed by atoms with Crippen molar-refractivity contribution in [3.8, 4) is 0 Å². The molecule has 0 aliphatic rings. The fraction of sp³-hybridized carbons (Fsp3) is 0.857. The lowest BCUT2D eigenvalue weighted by Crippen LogP contribution is -2.37. The Morgan fingerprint density at radius 3 is 2.73 bits per heavy atom. The van der Waals surface area contributed by atoms with E-state index in [0.29, 0.717) is 13.0 Å². The first kappa shape index (κ1) is 10.4. The molecular formula is C7H15NO3. The maximum atomic E-state index is 10.6. The maximum absolute atomic E-state index is 10.6. The molecule has 1 unspecified atom stereocenters. The minimum Gasteiger partial charge on any atom is -0.396 e. The predicted octanol–water partition coefficient (Wildman–Crippen LogP) is -0.480. The first-order valence-corrected chi connectivity index (χ1v) is 3.57. The molecule has 0 bridgehead atoms. The lowest BCUT2D eigenvalue weighted by atomic mass is 10.2. The third-order valence-corrected chi connectivity index (χ3v) is 1.25. The van der Waals surface area contributed by atoms with Gasteiger partial charge in [-0.05, 0) is 6.42 Å². The second kappa shape index (κ2) is 6.12. The Bertz CT molecular complexity index is 110. The number of ether oxygens (including phenoxy) is 1. The van der Waals surface area contributed by atoms with Gasteiger partial charge in [-0.2, -0.15) is 0 Å². The van der Waals surface area contributed by atoms with Gasteiger partial charge >= 0.3 is 0 Å². The van der Waals surface area contributed by atoms with Crippen molar-refractivity contribution < 1.29 is 14.6 Å². The molecule has 4 nitrogen and oxygen atoms in total. The molecule has 0 saturated heterocycles. The molecule has 0 radical (unpaired) electrons. The van der Waals surface area contributed by atoms with Crippen LogP contribution in [0.1, 0.15) is 13.3 Å². The second-order valence-electron chi connectivity index (χ2n) is 2.37. The molecule has 0 heterocycles. The van der Waals surface area contributed by atoms with Crippen molar-refractivity contribution in [1.82, 2.24) is 5.32 Å². The molecule has 1 amide bonds. The fourth-order valence-electron chi connectivity index (χ4n) is 0.842. The SMILES string of the molecule is COCC(CCO)NC(C)=O. The Labute approximate surface area is 66.5 Å². The van der Waals surface area contributed by atoms with E-state index in [2.05, 4.69) is 5.32 Å². The van der Waals surface area contributed by atoms with E-state index in [-0.39, 0.29) is 18.6 Å². The number of amides is 1. The molecule has 0 aromatic rings. The Hall–Kier alpha value is -0.610. The lowest BCUT2D eigenvalue weighted by molar-refractivity contribution is -0.120. The summed E-state index contributed by atoms with van der Waals surface area (Å²) in [5, 5.41) is 11.2. The molecule has 0 aromatic carbocycles. The number of rotatable bonds is 5. The van der Waals surface area contributed by atoms with Crippen LogP contribution in [0, 0.1) is 0 Å². The van der Waals surface area contributed by atoms with Gasteiger partial charge in [0.15, 0.2) is 0 Å². The minimum atomic E-state index is -0.0968. The number of nitrogens with one attached hydrogen (secondary N) is 1. The van der Waals surface area contributed by atoms with Crippen LogP contribution < -0.4 is 5.32 Å². The molecule has 0 fully saturated rings. The van der Waals surface area contributed by atoms with E-state index < -0.39 is 0 Å². The summed E-state index contributed by atoms with van der Waals surface area (Å²) in [4.78, 5) is 10.6. The molecule has 66 valence electrons. The van der Waals surface area contributed by atoms with Crippen molar-refractivity contribution in [2.75, 3.05) is 20.3 Å². The number of carbonyl (C=O) groups excluding carboxylic acids is 1. The Morgan fingerprint density at radius 2 is 2.36 bits per heavy atom. The monoisotopic (exact) mass is 161 g/mol. The van der Waals surface area contributed by atoms with Crippen molar-refractivity contribution in [1.29, 1.82) is 0 Å². The van der Waals surface area contributed by atoms with E-state index in [4.69, 9.17) is 9.84 Å². The van der Waals surface area contributed by atoms with Gasteiger partial charge in [0.25, 0.3) is 0 Å². The van der Waals surface area contributed by atoms with Gasteiger partial charge in [0, 0.05) is 20.6 Å². The summed E-state index contributed by atoms with van der Waals surface area (Å²) in [6.45, 7) is 1.95. The number of hydrogen-bond donors (Lipinski definition) is 2. The van der Waals surface area contributed by atoms with Gasteiger partial charge in [0.2, 0.25) is 5.91 Å². The van der Waals surface area contributed by atoms with Crippen LogP contribution in [0.25, 0.3) is 0 Å². The van der Waals surface area contributed by atoms with Crippen LogP contribution >= 0.6 is 0 Å². The molecule has 0 aromatic heterocycles. The van der Waals surface area contributed by atoms with Crippen LogP contribution in [0.5, 0.6) is 0 Å². The topological polar surface area (TPSA) is 58.6 Å². The molecule has 1 atom stereocenters. The lowest BCUT2D eigenvalue weighted by Gasteiger charge is -2.14. The normalized spacial score (nSPS) is 12.6. The van der Waals surface area contributed by atoms with E-state index in [1.165, 1.54) is 6.92 Å². The molecule has 0 spiro atoms. The maximum Gasteiger partial charge on any atom is 0.217 e. The van der Waals surface area contributed by atoms with E-state index in [1.807, 2.05) is 0 Å². The van der Waals surface area contributed by atoms with Crippen LogP contribution in [0.2, 0.25) is 0 Å². The van der Waals surface area contributed by atoms with E-state index in [1.54, 1.807) is 7.11 Å². The molecular weight excluding hydrogens is 146 g/mol. The van der Waals surface area contributed by atoms with E-state index >= 15 is 0 Å². The Kier molecular flexibility index (Phi) is 5.78. The largest absolute Gasteiger partial charge is 0.396 e. The van der Waals surface area contributed by atoms with Crippen molar-refractivity contribution in [2.45, 2.75) is 19.4 Å².